The van der Waals surface area contributed by atoms with E-state index in [-0.39, 0.29) is 10.9 Å². The van der Waals surface area contributed by atoms with Crippen molar-refractivity contribution in [1.29, 1.82) is 0 Å². The number of hydrogen-bond acceptors (Lipinski definition) is 3. The van der Waals surface area contributed by atoms with Crippen LogP contribution in [0.2, 0.25) is 0 Å². The molecule has 1 atom stereocenters. The molecule has 2 aromatic carbocycles. The molecular formula is C19H18Cl3N3O2S. The number of aryl methyl sites for hydroxylation is 1. The molecule has 0 aliphatic carbocycles. The van der Waals surface area contributed by atoms with Crippen LogP contribution >= 0.6 is 47.0 Å². The van der Waals surface area contributed by atoms with Crippen LogP contribution in [0.15, 0.2) is 48.5 Å². The summed E-state index contributed by atoms with van der Waals surface area (Å²) >= 11 is 23.2. The number of benzene rings is 2. The lowest BCUT2D eigenvalue weighted by Gasteiger charge is -2.27. The van der Waals surface area contributed by atoms with E-state index in [9.17, 15) is 9.59 Å². The van der Waals surface area contributed by atoms with E-state index >= 15 is 0 Å². The third kappa shape index (κ3) is 6.63. The molecule has 0 saturated carbocycles. The van der Waals surface area contributed by atoms with Gasteiger partial charge in [-0.1, -0.05) is 52.5 Å². The Morgan fingerprint density at radius 1 is 1.00 bits per heavy atom. The Labute approximate surface area is 183 Å². The Morgan fingerprint density at radius 2 is 1.64 bits per heavy atom. The summed E-state index contributed by atoms with van der Waals surface area (Å²) < 4.78 is -1.86. The molecule has 5 nitrogen and oxygen atoms in total. The van der Waals surface area contributed by atoms with Gasteiger partial charge in [-0.25, -0.2) is 0 Å². The molecule has 2 rings (SSSR count). The molecule has 0 fully saturated rings. The summed E-state index contributed by atoms with van der Waals surface area (Å²) in [5.74, 6) is -0.455. The largest absolute Gasteiger partial charge is 0.339 e. The molecule has 28 heavy (non-hydrogen) atoms. The lowest BCUT2D eigenvalue weighted by Crippen LogP contribution is -2.56. The second-order valence-electron chi connectivity index (χ2n) is 6.05. The van der Waals surface area contributed by atoms with E-state index < -0.39 is 15.9 Å². The standard InChI is InChI=1S/C19H18Cl3N3O2S/c1-11-4-3-5-14(10-11)16(27)24-17(19(20,21)22)25-18(28)23-15-8-6-13(7-9-15)12(2)26/h3-10,17H,1-2H3,(H,24,27)(H2,23,25,28). The number of anilines is 1. The van der Waals surface area contributed by atoms with Crippen molar-refractivity contribution in [3.63, 3.8) is 0 Å². The number of halogens is 3. The SMILES string of the molecule is CC(=O)c1ccc(NC(=S)NC(NC(=O)c2cccc(C)c2)C(Cl)(Cl)Cl)cc1. The first kappa shape index (κ1) is 22.4. The van der Waals surface area contributed by atoms with Crippen molar-refractivity contribution in [1.82, 2.24) is 10.6 Å². The van der Waals surface area contributed by atoms with Crippen LogP contribution in [0.1, 0.15) is 33.2 Å². The molecular weight excluding hydrogens is 441 g/mol. The number of alkyl halides is 3. The zero-order valence-electron chi connectivity index (χ0n) is 15.1. The number of rotatable bonds is 5. The zero-order chi connectivity index (χ0) is 20.9. The quantitative estimate of drug-likeness (QED) is 0.264. The minimum atomic E-state index is -1.86. The molecule has 3 N–H and O–H groups in total. The van der Waals surface area contributed by atoms with Gasteiger partial charge in [-0.15, -0.1) is 0 Å². The summed E-state index contributed by atoms with van der Waals surface area (Å²) in [7, 11) is 0. The summed E-state index contributed by atoms with van der Waals surface area (Å²) in [5, 5.41) is 8.46. The number of nitrogens with one attached hydrogen (secondary N) is 3. The van der Waals surface area contributed by atoms with Crippen LogP contribution in [-0.2, 0) is 0 Å². The van der Waals surface area contributed by atoms with Crippen molar-refractivity contribution >= 4 is 69.5 Å². The fourth-order valence-electron chi connectivity index (χ4n) is 2.29. The summed E-state index contributed by atoms with van der Waals surface area (Å²) in [6.45, 7) is 3.36. The van der Waals surface area contributed by atoms with Crippen LogP contribution in [0.25, 0.3) is 0 Å². The molecule has 0 bridgehead atoms. The van der Waals surface area contributed by atoms with Crippen molar-refractivity contribution in [2.24, 2.45) is 0 Å². The average molecular weight is 459 g/mol. The van der Waals surface area contributed by atoms with Gasteiger partial charge in [0.25, 0.3) is 5.91 Å². The van der Waals surface area contributed by atoms with Gasteiger partial charge in [0.1, 0.15) is 6.17 Å². The van der Waals surface area contributed by atoms with Crippen LogP contribution in [0.5, 0.6) is 0 Å². The molecule has 0 aliphatic rings. The van der Waals surface area contributed by atoms with Crippen LogP contribution in [0.4, 0.5) is 5.69 Å². The predicted octanol–water partition coefficient (Wildman–Crippen LogP) is 4.61. The third-order valence-electron chi connectivity index (χ3n) is 3.71. The number of carbonyl (C=O) groups excluding carboxylic acids is 2. The van der Waals surface area contributed by atoms with Crippen LogP contribution in [-0.4, -0.2) is 26.8 Å². The average Bonchev–Trinajstić information content (AvgIpc) is 2.60. The predicted molar refractivity (Wildman–Crippen MR) is 119 cm³/mol. The van der Waals surface area contributed by atoms with E-state index in [2.05, 4.69) is 16.0 Å². The normalized spacial score (nSPS) is 12.0. The summed E-state index contributed by atoms with van der Waals surface area (Å²) in [6, 6.07) is 13.7. The fourth-order valence-corrected chi connectivity index (χ4v) is 2.85. The maximum Gasteiger partial charge on any atom is 0.252 e. The first-order valence-electron chi connectivity index (χ1n) is 8.19. The summed E-state index contributed by atoms with van der Waals surface area (Å²) in [4.78, 5) is 23.8. The Balaban J connectivity index is 2.06. The van der Waals surface area contributed by atoms with Gasteiger partial charge in [0.2, 0.25) is 3.79 Å². The monoisotopic (exact) mass is 457 g/mol. The molecule has 0 saturated heterocycles. The topological polar surface area (TPSA) is 70.2 Å². The summed E-state index contributed by atoms with van der Waals surface area (Å²) in [5.41, 5.74) is 2.57. The maximum atomic E-state index is 12.5. The van der Waals surface area contributed by atoms with Crippen molar-refractivity contribution < 1.29 is 9.59 Å². The minimum Gasteiger partial charge on any atom is -0.339 e. The number of hydrogen-bond donors (Lipinski definition) is 3. The van der Waals surface area contributed by atoms with Crippen molar-refractivity contribution in [2.75, 3.05) is 5.32 Å². The second kappa shape index (κ2) is 9.56. The molecule has 0 heterocycles. The van der Waals surface area contributed by atoms with Gasteiger partial charge in [0.15, 0.2) is 10.9 Å². The first-order valence-corrected chi connectivity index (χ1v) is 9.73. The lowest BCUT2D eigenvalue weighted by atomic mass is 10.1. The van der Waals surface area contributed by atoms with Gasteiger partial charge in [0, 0.05) is 16.8 Å². The van der Waals surface area contributed by atoms with Gasteiger partial charge in [-0.3, -0.25) is 9.59 Å². The third-order valence-corrected chi connectivity index (χ3v) is 4.58. The Morgan fingerprint density at radius 3 is 2.18 bits per heavy atom. The molecule has 148 valence electrons. The minimum absolute atomic E-state index is 0.0395. The van der Waals surface area contributed by atoms with Crippen LogP contribution in [0.3, 0.4) is 0 Å². The van der Waals surface area contributed by atoms with E-state index in [1.54, 1.807) is 42.5 Å². The maximum absolute atomic E-state index is 12.5. The van der Waals surface area contributed by atoms with E-state index in [4.69, 9.17) is 47.0 Å². The highest BCUT2D eigenvalue weighted by Crippen LogP contribution is 2.29. The van der Waals surface area contributed by atoms with Crippen LogP contribution in [0, 0.1) is 6.92 Å². The van der Waals surface area contributed by atoms with E-state index in [0.717, 1.165) is 5.56 Å². The zero-order valence-corrected chi connectivity index (χ0v) is 18.1. The Bertz CT molecular complexity index is 883. The fraction of sp³-hybridized carbons (Fsp3) is 0.211. The highest BCUT2D eigenvalue weighted by molar-refractivity contribution is 7.80. The number of amides is 1. The van der Waals surface area contributed by atoms with E-state index in [1.165, 1.54) is 6.92 Å². The van der Waals surface area contributed by atoms with Gasteiger partial charge >= 0.3 is 0 Å². The van der Waals surface area contributed by atoms with Gasteiger partial charge in [0.05, 0.1) is 0 Å². The number of thiocarbonyl (C=S) groups is 1. The van der Waals surface area contributed by atoms with Crippen molar-refractivity contribution in [3.8, 4) is 0 Å². The smallest absolute Gasteiger partial charge is 0.252 e. The number of carbonyl (C=O) groups is 2. The molecule has 0 aliphatic heterocycles. The lowest BCUT2D eigenvalue weighted by molar-refractivity contribution is 0.0933. The second-order valence-corrected chi connectivity index (χ2v) is 8.83. The Kier molecular flexibility index (Phi) is 7.66. The molecule has 0 radical (unpaired) electrons. The number of Topliss-reactive ketones (excluding diaryl/α,β-unsaturated/α-hetero) is 1. The highest BCUT2D eigenvalue weighted by atomic mass is 35.6. The number of ketones is 1. The van der Waals surface area contributed by atoms with E-state index in [0.29, 0.717) is 16.8 Å². The highest BCUT2D eigenvalue weighted by Gasteiger charge is 2.34. The molecule has 1 amide bonds. The molecule has 0 spiro atoms. The summed E-state index contributed by atoms with van der Waals surface area (Å²) in [6.07, 6.45) is -1.08. The van der Waals surface area contributed by atoms with Gasteiger partial charge in [-0.05, 0) is 62.5 Å². The van der Waals surface area contributed by atoms with Gasteiger partial charge in [-0.2, -0.15) is 0 Å². The van der Waals surface area contributed by atoms with Crippen LogP contribution < -0.4 is 16.0 Å². The first-order chi connectivity index (χ1) is 13.1. The van der Waals surface area contributed by atoms with Crippen molar-refractivity contribution in [3.05, 3.63) is 65.2 Å². The Hall–Kier alpha value is -1.86. The van der Waals surface area contributed by atoms with Crippen molar-refractivity contribution in [2.45, 2.75) is 23.8 Å². The molecule has 9 heteroatoms. The van der Waals surface area contributed by atoms with E-state index in [1.807, 2.05) is 13.0 Å². The van der Waals surface area contributed by atoms with Gasteiger partial charge < -0.3 is 16.0 Å². The molecule has 1 unspecified atom stereocenters. The molecule has 0 aromatic heterocycles. The molecule has 2 aromatic rings.